The minimum absolute atomic E-state index is 0.160. The second-order valence-corrected chi connectivity index (χ2v) is 4.13. The average molecular weight is 242 g/mol. The standard InChI is InChI=1S/C13H19FO3/c1-9(2)16-6-7-17-11-4-5-12(10(3)15)13(14)8-11/h4-5,8-10,15H,6-7H2,1-3H3/t10-/m0/s1. The molecule has 3 nitrogen and oxygen atoms in total. The van der Waals surface area contributed by atoms with Crippen molar-refractivity contribution in [3.05, 3.63) is 29.6 Å². The highest BCUT2D eigenvalue weighted by Gasteiger charge is 2.08. The van der Waals surface area contributed by atoms with E-state index < -0.39 is 11.9 Å². The molecule has 4 heteroatoms. The molecule has 0 aliphatic rings. The number of halogens is 1. The zero-order valence-electron chi connectivity index (χ0n) is 10.4. The molecule has 17 heavy (non-hydrogen) atoms. The van der Waals surface area contributed by atoms with Crippen LogP contribution in [-0.2, 0) is 4.74 Å². The molecule has 0 aliphatic heterocycles. The van der Waals surface area contributed by atoms with Gasteiger partial charge in [0.05, 0.1) is 18.8 Å². The van der Waals surface area contributed by atoms with Crippen molar-refractivity contribution in [1.29, 1.82) is 0 Å². The lowest BCUT2D eigenvalue weighted by Gasteiger charge is -2.11. The van der Waals surface area contributed by atoms with Crippen LogP contribution in [0.5, 0.6) is 5.75 Å². The summed E-state index contributed by atoms with van der Waals surface area (Å²) in [7, 11) is 0. The molecule has 0 bridgehead atoms. The van der Waals surface area contributed by atoms with Crippen molar-refractivity contribution in [3.8, 4) is 5.75 Å². The number of rotatable bonds is 6. The van der Waals surface area contributed by atoms with Crippen molar-refractivity contribution in [2.75, 3.05) is 13.2 Å². The van der Waals surface area contributed by atoms with E-state index in [9.17, 15) is 9.50 Å². The van der Waals surface area contributed by atoms with Gasteiger partial charge in [-0.2, -0.15) is 0 Å². The van der Waals surface area contributed by atoms with Gasteiger partial charge < -0.3 is 14.6 Å². The summed E-state index contributed by atoms with van der Waals surface area (Å²) in [5.41, 5.74) is 0.274. The van der Waals surface area contributed by atoms with Crippen molar-refractivity contribution >= 4 is 0 Å². The number of benzene rings is 1. The molecular formula is C13H19FO3. The third-order valence-electron chi connectivity index (χ3n) is 2.23. The van der Waals surface area contributed by atoms with Crippen LogP contribution in [0.4, 0.5) is 4.39 Å². The highest BCUT2D eigenvalue weighted by Crippen LogP contribution is 2.21. The van der Waals surface area contributed by atoms with Crippen LogP contribution in [0, 0.1) is 5.82 Å². The van der Waals surface area contributed by atoms with Gasteiger partial charge in [0, 0.05) is 11.6 Å². The molecule has 0 aliphatic carbocycles. The molecule has 0 spiro atoms. The molecule has 0 fully saturated rings. The topological polar surface area (TPSA) is 38.7 Å². The lowest BCUT2D eigenvalue weighted by molar-refractivity contribution is 0.0551. The number of aliphatic hydroxyl groups excluding tert-OH is 1. The molecular weight excluding hydrogens is 223 g/mol. The fraction of sp³-hybridized carbons (Fsp3) is 0.538. The van der Waals surface area contributed by atoms with Crippen molar-refractivity contribution in [2.45, 2.75) is 33.0 Å². The molecule has 0 unspecified atom stereocenters. The number of aliphatic hydroxyl groups is 1. The molecule has 0 heterocycles. The van der Waals surface area contributed by atoms with Gasteiger partial charge >= 0.3 is 0 Å². The minimum atomic E-state index is -0.812. The van der Waals surface area contributed by atoms with Gasteiger partial charge in [0.15, 0.2) is 0 Å². The van der Waals surface area contributed by atoms with Gasteiger partial charge in [-0.05, 0) is 32.9 Å². The predicted octanol–water partition coefficient (Wildman–Crippen LogP) is 2.68. The van der Waals surface area contributed by atoms with Crippen molar-refractivity contribution in [2.24, 2.45) is 0 Å². The van der Waals surface area contributed by atoms with E-state index in [0.29, 0.717) is 19.0 Å². The SMILES string of the molecule is CC(C)OCCOc1ccc([C@H](C)O)c(F)c1. The maximum absolute atomic E-state index is 13.5. The van der Waals surface area contributed by atoms with Crippen LogP contribution in [0.2, 0.25) is 0 Å². The summed E-state index contributed by atoms with van der Waals surface area (Å²) in [5.74, 6) is -0.0125. The quantitative estimate of drug-likeness (QED) is 0.779. The normalized spacial score (nSPS) is 12.8. The lowest BCUT2D eigenvalue weighted by Crippen LogP contribution is -2.11. The van der Waals surface area contributed by atoms with Crippen molar-refractivity contribution < 1.29 is 19.0 Å². The van der Waals surface area contributed by atoms with Gasteiger partial charge in [0.25, 0.3) is 0 Å². The first kappa shape index (κ1) is 13.9. The number of ether oxygens (including phenoxy) is 2. The molecule has 1 aromatic rings. The fourth-order valence-corrected chi connectivity index (χ4v) is 1.38. The predicted molar refractivity (Wildman–Crippen MR) is 63.6 cm³/mol. The Bertz CT molecular complexity index is 351. The highest BCUT2D eigenvalue weighted by atomic mass is 19.1. The summed E-state index contributed by atoms with van der Waals surface area (Å²) in [6.07, 6.45) is -0.652. The molecule has 0 saturated heterocycles. The van der Waals surface area contributed by atoms with Gasteiger partial charge in [-0.3, -0.25) is 0 Å². The van der Waals surface area contributed by atoms with E-state index in [1.165, 1.54) is 19.1 Å². The molecule has 0 amide bonds. The molecule has 0 saturated carbocycles. The van der Waals surface area contributed by atoms with Gasteiger partial charge in [-0.25, -0.2) is 4.39 Å². The fourth-order valence-electron chi connectivity index (χ4n) is 1.38. The van der Waals surface area contributed by atoms with Gasteiger partial charge in [-0.1, -0.05) is 0 Å². The Kier molecular flexibility index (Phi) is 5.38. The maximum atomic E-state index is 13.5. The lowest BCUT2D eigenvalue weighted by atomic mass is 10.1. The van der Waals surface area contributed by atoms with Crippen LogP contribution >= 0.6 is 0 Å². The summed E-state index contributed by atoms with van der Waals surface area (Å²) in [4.78, 5) is 0. The van der Waals surface area contributed by atoms with Gasteiger partial charge in [-0.15, -0.1) is 0 Å². The Morgan fingerprint density at radius 3 is 2.47 bits per heavy atom. The maximum Gasteiger partial charge on any atom is 0.132 e. The van der Waals surface area contributed by atoms with E-state index in [1.807, 2.05) is 13.8 Å². The van der Waals surface area contributed by atoms with E-state index in [-0.39, 0.29) is 11.7 Å². The molecule has 0 aromatic heterocycles. The Hall–Kier alpha value is -1.13. The molecule has 0 radical (unpaired) electrons. The van der Waals surface area contributed by atoms with Crippen molar-refractivity contribution in [3.63, 3.8) is 0 Å². The van der Waals surface area contributed by atoms with Gasteiger partial charge in [0.2, 0.25) is 0 Å². The zero-order chi connectivity index (χ0) is 12.8. The van der Waals surface area contributed by atoms with Crippen LogP contribution in [0.3, 0.4) is 0 Å². The van der Waals surface area contributed by atoms with E-state index in [1.54, 1.807) is 6.07 Å². The van der Waals surface area contributed by atoms with E-state index in [2.05, 4.69) is 0 Å². The first-order chi connectivity index (χ1) is 8.00. The van der Waals surface area contributed by atoms with Crippen LogP contribution in [-0.4, -0.2) is 24.4 Å². The number of hydrogen-bond donors (Lipinski definition) is 1. The summed E-state index contributed by atoms with van der Waals surface area (Å²) < 4.78 is 24.1. The van der Waals surface area contributed by atoms with E-state index in [4.69, 9.17) is 9.47 Å². The Labute approximate surface area is 101 Å². The first-order valence-corrected chi connectivity index (χ1v) is 5.72. The minimum Gasteiger partial charge on any atom is -0.491 e. The molecule has 1 rings (SSSR count). The van der Waals surface area contributed by atoms with Crippen LogP contribution in [0.25, 0.3) is 0 Å². The number of hydrogen-bond acceptors (Lipinski definition) is 3. The molecule has 96 valence electrons. The summed E-state index contributed by atoms with van der Waals surface area (Å²) in [5, 5.41) is 9.27. The van der Waals surface area contributed by atoms with Crippen LogP contribution < -0.4 is 4.74 Å². The van der Waals surface area contributed by atoms with E-state index in [0.717, 1.165) is 0 Å². The molecule has 1 N–H and O–H groups in total. The Morgan fingerprint density at radius 2 is 1.94 bits per heavy atom. The van der Waals surface area contributed by atoms with E-state index >= 15 is 0 Å². The second-order valence-electron chi connectivity index (χ2n) is 4.13. The second kappa shape index (κ2) is 6.57. The monoisotopic (exact) mass is 242 g/mol. The molecule has 1 aromatic carbocycles. The van der Waals surface area contributed by atoms with Gasteiger partial charge in [0.1, 0.15) is 18.2 Å². The van der Waals surface area contributed by atoms with Crippen LogP contribution in [0.1, 0.15) is 32.4 Å². The van der Waals surface area contributed by atoms with Crippen molar-refractivity contribution in [1.82, 2.24) is 0 Å². The summed E-state index contributed by atoms with van der Waals surface area (Å²) in [6, 6.07) is 4.44. The summed E-state index contributed by atoms with van der Waals surface area (Å²) >= 11 is 0. The smallest absolute Gasteiger partial charge is 0.132 e. The highest BCUT2D eigenvalue weighted by molar-refractivity contribution is 5.29. The Morgan fingerprint density at radius 1 is 1.24 bits per heavy atom. The third kappa shape index (κ3) is 4.71. The third-order valence-corrected chi connectivity index (χ3v) is 2.23. The average Bonchev–Trinajstić information content (AvgIpc) is 2.23. The van der Waals surface area contributed by atoms with Crippen LogP contribution in [0.15, 0.2) is 18.2 Å². The molecule has 1 atom stereocenters. The zero-order valence-corrected chi connectivity index (χ0v) is 10.4. The first-order valence-electron chi connectivity index (χ1n) is 5.72. The Balaban J connectivity index is 2.47. The summed E-state index contributed by atoms with van der Waals surface area (Å²) in [6.45, 7) is 6.26. The largest absolute Gasteiger partial charge is 0.491 e.